The Bertz CT molecular complexity index is 459. The lowest BCUT2D eigenvalue weighted by atomic mass is 9.86. The van der Waals surface area contributed by atoms with Crippen molar-refractivity contribution < 1.29 is 9.47 Å². The number of ether oxygens (including phenoxy) is 2. The van der Waals surface area contributed by atoms with Crippen molar-refractivity contribution in [3.05, 3.63) is 23.8 Å². The van der Waals surface area contributed by atoms with Crippen LogP contribution in [0, 0.1) is 5.41 Å². The lowest BCUT2D eigenvalue weighted by Crippen LogP contribution is -2.20. The fraction of sp³-hybridized carbons (Fsp3) is 0.647. The second kappa shape index (κ2) is 5.65. The molecule has 2 rings (SSSR count). The Labute approximate surface area is 122 Å². The molecule has 0 aromatic heterocycles. The van der Waals surface area contributed by atoms with E-state index in [2.05, 4.69) is 26.8 Å². The number of hydrogen-bond acceptors (Lipinski definition) is 3. The maximum absolute atomic E-state index is 6.13. The molecular formula is C17H27NO2. The molecule has 0 radical (unpaired) electrons. The van der Waals surface area contributed by atoms with E-state index in [0.29, 0.717) is 5.41 Å². The normalized spacial score (nSPS) is 16.9. The van der Waals surface area contributed by atoms with Crippen molar-refractivity contribution in [1.29, 1.82) is 0 Å². The molecule has 3 nitrogen and oxygen atoms in total. The van der Waals surface area contributed by atoms with Crippen LogP contribution in [0.4, 0.5) is 0 Å². The molecule has 0 unspecified atom stereocenters. The van der Waals surface area contributed by atoms with Crippen LogP contribution < -0.4 is 15.2 Å². The van der Waals surface area contributed by atoms with Gasteiger partial charge >= 0.3 is 0 Å². The lowest BCUT2D eigenvalue weighted by molar-refractivity contribution is 0.222. The third kappa shape index (κ3) is 3.45. The van der Waals surface area contributed by atoms with Crippen molar-refractivity contribution in [3.8, 4) is 11.5 Å². The minimum absolute atomic E-state index is 0.0362. The van der Waals surface area contributed by atoms with Gasteiger partial charge in [0.2, 0.25) is 0 Å². The van der Waals surface area contributed by atoms with E-state index in [1.807, 2.05) is 12.1 Å². The van der Waals surface area contributed by atoms with Gasteiger partial charge in [0.25, 0.3) is 0 Å². The number of rotatable bonds is 6. The molecule has 1 aliphatic carbocycles. The molecule has 0 spiro atoms. The monoisotopic (exact) mass is 277 g/mol. The predicted molar refractivity (Wildman–Crippen MR) is 82.5 cm³/mol. The standard InChI is InChI=1S/C17H27NO2/c1-16(2,3)14-11-13(19-4)5-6-15(14)20-12-17(7-8-17)9-10-18/h5-6,11H,7-10,12,18H2,1-4H3. The van der Waals surface area contributed by atoms with Crippen LogP contribution >= 0.6 is 0 Å². The van der Waals surface area contributed by atoms with Gasteiger partial charge in [0.05, 0.1) is 13.7 Å². The molecule has 0 heterocycles. The van der Waals surface area contributed by atoms with Crippen molar-refractivity contribution in [2.24, 2.45) is 11.1 Å². The Balaban J connectivity index is 2.14. The van der Waals surface area contributed by atoms with Crippen LogP contribution in [0.15, 0.2) is 18.2 Å². The van der Waals surface area contributed by atoms with E-state index in [-0.39, 0.29) is 5.41 Å². The molecular weight excluding hydrogens is 250 g/mol. The van der Waals surface area contributed by atoms with E-state index < -0.39 is 0 Å². The molecule has 112 valence electrons. The molecule has 0 amide bonds. The second-order valence-corrected chi connectivity index (χ2v) is 6.94. The summed E-state index contributed by atoms with van der Waals surface area (Å²) in [4.78, 5) is 0. The van der Waals surface area contributed by atoms with Gasteiger partial charge in [-0.2, -0.15) is 0 Å². The first kappa shape index (κ1) is 15.2. The highest BCUT2D eigenvalue weighted by Gasteiger charge is 2.42. The summed E-state index contributed by atoms with van der Waals surface area (Å²) in [7, 11) is 1.70. The zero-order valence-electron chi connectivity index (χ0n) is 13.2. The van der Waals surface area contributed by atoms with E-state index in [1.165, 1.54) is 18.4 Å². The van der Waals surface area contributed by atoms with Crippen LogP contribution in [0.2, 0.25) is 0 Å². The van der Waals surface area contributed by atoms with Crippen LogP contribution in [0.5, 0.6) is 11.5 Å². The van der Waals surface area contributed by atoms with Gasteiger partial charge in [0.15, 0.2) is 0 Å². The van der Waals surface area contributed by atoms with Crippen molar-refractivity contribution in [2.45, 2.75) is 45.4 Å². The number of benzene rings is 1. The van der Waals surface area contributed by atoms with Crippen LogP contribution in [-0.2, 0) is 5.41 Å². The molecule has 0 saturated heterocycles. The quantitative estimate of drug-likeness (QED) is 0.865. The molecule has 3 heteroatoms. The van der Waals surface area contributed by atoms with Crippen LogP contribution in [0.25, 0.3) is 0 Å². The smallest absolute Gasteiger partial charge is 0.123 e. The summed E-state index contributed by atoms with van der Waals surface area (Å²) < 4.78 is 11.5. The Hall–Kier alpha value is -1.22. The molecule has 0 atom stereocenters. The van der Waals surface area contributed by atoms with Gasteiger partial charge in [-0.15, -0.1) is 0 Å². The Morgan fingerprint density at radius 2 is 1.95 bits per heavy atom. The second-order valence-electron chi connectivity index (χ2n) is 6.94. The molecule has 0 aliphatic heterocycles. The maximum atomic E-state index is 6.13. The summed E-state index contributed by atoms with van der Waals surface area (Å²) in [6, 6.07) is 6.07. The Morgan fingerprint density at radius 1 is 1.25 bits per heavy atom. The van der Waals surface area contributed by atoms with Crippen LogP contribution in [0.1, 0.15) is 45.6 Å². The molecule has 1 aromatic carbocycles. The van der Waals surface area contributed by atoms with Gasteiger partial charge in [0.1, 0.15) is 11.5 Å². The summed E-state index contributed by atoms with van der Waals surface area (Å²) >= 11 is 0. The minimum Gasteiger partial charge on any atom is -0.497 e. The van der Waals surface area contributed by atoms with Gasteiger partial charge in [-0.3, -0.25) is 0 Å². The number of methoxy groups -OCH3 is 1. The van der Waals surface area contributed by atoms with Gasteiger partial charge in [-0.25, -0.2) is 0 Å². The summed E-state index contributed by atoms with van der Waals surface area (Å²) in [5.41, 5.74) is 7.26. The fourth-order valence-electron chi connectivity index (χ4n) is 2.53. The van der Waals surface area contributed by atoms with Gasteiger partial charge in [-0.1, -0.05) is 20.8 Å². The van der Waals surface area contributed by atoms with Crippen molar-refractivity contribution in [2.75, 3.05) is 20.3 Å². The first-order valence-electron chi connectivity index (χ1n) is 7.42. The molecule has 0 bridgehead atoms. The van der Waals surface area contributed by atoms with Gasteiger partial charge < -0.3 is 15.2 Å². The Morgan fingerprint density at radius 3 is 2.45 bits per heavy atom. The highest BCUT2D eigenvalue weighted by molar-refractivity contribution is 5.44. The highest BCUT2D eigenvalue weighted by Crippen LogP contribution is 2.49. The summed E-state index contributed by atoms with van der Waals surface area (Å²) in [5, 5.41) is 0. The molecule has 1 aromatic rings. The lowest BCUT2D eigenvalue weighted by Gasteiger charge is -2.25. The van der Waals surface area contributed by atoms with Crippen LogP contribution in [0.3, 0.4) is 0 Å². The molecule has 2 N–H and O–H groups in total. The molecule has 1 fully saturated rings. The van der Waals surface area contributed by atoms with Crippen molar-refractivity contribution >= 4 is 0 Å². The third-order valence-electron chi connectivity index (χ3n) is 4.16. The highest BCUT2D eigenvalue weighted by atomic mass is 16.5. The average Bonchev–Trinajstić information content (AvgIpc) is 3.16. The van der Waals surface area contributed by atoms with E-state index in [0.717, 1.165) is 31.1 Å². The molecule has 1 aliphatic rings. The minimum atomic E-state index is 0.0362. The van der Waals surface area contributed by atoms with Gasteiger partial charge in [-0.05, 0) is 49.4 Å². The van der Waals surface area contributed by atoms with Gasteiger partial charge in [0, 0.05) is 11.0 Å². The van der Waals surface area contributed by atoms with E-state index in [4.69, 9.17) is 15.2 Å². The zero-order valence-corrected chi connectivity index (χ0v) is 13.2. The molecule has 20 heavy (non-hydrogen) atoms. The average molecular weight is 277 g/mol. The maximum Gasteiger partial charge on any atom is 0.123 e. The SMILES string of the molecule is COc1ccc(OCC2(CCN)CC2)c(C(C)(C)C)c1. The number of nitrogens with two attached hydrogens (primary N) is 1. The summed E-state index contributed by atoms with van der Waals surface area (Å²) in [5.74, 6) is 1.85. The van der Waals surface area contributed by atoms with Crippen molar-refractivity contribution in [1.82, 2.24) is 0 Å². The zero-order chi connectivity index (χ0) is 14.8. The topological polar surface area (TPSA) is 44.5 Å². The van der Waals surface area contributed by atoms with E-state index in [9.17, 15) is 0 Å². The first-order chi connectivity index (χ1) is 9.40. The first-order valence-corrected chi connectivity index (χ1v) is 7.42. The number of hydrogen-bond donors (Lipinski definition) is 1. The third-order valence-corrected chi connectivity index (χ3v) is 4.16. The summed E-state index contributed by atoms with van der Waals surface area (Å²) in [6.45, 7) is 8.11. The Kier molecular flexibility index (Phi) is 4.28. The van der Waals surface area contributed by atoms with E-state index in [1.54, 1.807) is 7.11 Å². The molecule has 1 saturated carbocycles. The predicted octanol–water partition coefficient (Wildman–Crippen LogP) is 3.50. The van der Waals surface area contributed by atoms with Crippen molar-refractivity contribution in [3.63, 3.8) is 0 Å². The summed E-state index contributed by atoms with van der Waals surface area (Å²) in [6.07, 6.45) is 3.55. The fourth-order valence-corrected chi connectivity index (χ4v) is 2.53. The largest absolute Gasteiger partial charge is 0.497 e. The van der Waals surface area contributed by atoms with Crippen LogP contribution in [-0.4, -0.2) is 20.3 Å². The van der Waals surface area contributed by atoms with E-state index >= 15 is 0 Å².